The van der Waals surface area contributed by atoms with E-state index < -0.39 is 0 Å². The van der Waals surface area contributed by atoms with E-state index >= 15 is 0 Å². The highest BCUT2D eigenvalue weighted by Gasteiger charge is 2.06. The fourth-order valence-electron chi connectivity index (χ4n) is 0.919. The summed E-state index contributed by atoms with van der Waals surface area (Å²) in [5.41, 5.74) is 0.581. The van der Waals surface area contributed by atoms with Gasteiger partial charge in [0.25, 0.3) is 0 Å². The van der Waals surface area contributed by atoms with Crippen LogP contribution in [0.3, 0.4) is 0 Å². The molecule has 0 aliphatic carbocycles. The molecule has 1 unspecified atom stereocenters. The van der Waals surface area contributed by atoms with E-state index in [-0.39, 0.29) is 12.6 Å². The fourth-order valence-corrected chi connectivity index (χ4v) is 0.919. The molecule has 0 amide bonds. The Morgan fingerprint density at radius 3 is 3.00 bits per heavy atom. The maximum Gasteiger partial charge on any atom is 0.108 e. The Morgan fingerprint density at radius 2 is 2.50 bits per heavy atom. The first-order valence-electron chi connectivity index (χ1n) is 3.78. The van der Waals surface area contributed by atoms with Gasteiger partial charge in [0.15, 0.2) is 0 Å². The van der Waals surface area contributed by atoms with E-state index in [2.05, 4.69) is 10.3 Å². The van der Waals surface area contributed by atoms with Crippen molar-refractivity contribution < 1.29 is 9.84 Å². The van der Waals surface area contributed by atoms with E-state index in [4.69, 9.17) is 9.84 Å². The third kappa shape index (κ3) is 2.02. The number of rotatable bonds is 4. The first kappa shape index (κ1) is 9.15. The first-order chi connectivity index (χ1) is 5.77. The molecule has 1 N–H and O–H groups in total. The summed E-state index contributed by atoms with van der Waals surface area (Å²) in [5, 5.41) is 16.3. The Kier molecular flexibility index (Phi) is 3.19. The summed E-state index contributed by atoms with van der Waals surface area (Å²) in [6.45, 7) is 2.49. The van der Waals surface area contributed by atoms with Crippen LogP contribution in [0.15, 0.2) is 6.20 Å². The van der Waals surface area contributed by atoms with E-state index in [0.717, 1.165) is 0 Å². The molecule has 0 saturated carbocycles. The molecule has 0 aliphatic rings. The number of hydrogen-bond donors (Lipinski definition) is 1. The number of aliphatic hydroxyl groups is 1. The van der Waals surface area contributed by atoms with Gasteiger partial charge in [-0.1, -0.05) is 5.21 Å². The summed E-state index contributed by atoms with van der Waals surface area (Å²) < 4.78 is 6.63. The second kappa shape index (κ2) is 4.18. The molecule has 0 radical (unpaired) electrons. The predicted octanol–water partition coefficient (Wildman–Crippen LogP) is -0.0222. The van der Waals surface area contributed by atoms with Crippen molar-refractivity contribution in [1.82, 2.24) is 15.0 Å². The zero-order valence-electron chi connectivity index (χ0n) is 7.27. The normalized spacial score (nSPS) is 13.2. The van der Waals surface area contributed by atoms with Gasteiger partial charge in [0.2, 0.25) is 0 Å². The van der Waals surface area contributed by atoms with E-state index in [0.29, 0.717) is 12.3 Å². The van der Waals surface area contributed by atoms with Crippen molar-refractivity contribution in [3.63, 3.8) is 0 Å². The lowest BCUT2D eigenvalue weighted by molar-refractivity contribution is 0.156. The second-order valence-corrected chi connectivity index (χ2v) is 2.65. The molecular weight excluding hydrogens is 158 g/mol. The van der Waals surface area contributed by atoms with E-state index in [1.54, 1.807) is 18.0 Å². The van der Waals surface area contributed by atoms with Crippen LogP contribution >= 0.6 is 0 Å². The van der Waals surface area contributed by atoms with Crippen molar-refractivity contribution in [3.05, 3.63) is 11.9 Å². The minimum Gasteiger partial charge on any atom is -0.390 e. The van der Waals surface area contributed by atoms with Crippen LogP contribution in [0.1, 0.15) is 18.7 Å². The van der Waals surface area contributed by atoms with Gasteiger partial charge in [0.1, 0.15) is 5.69 Å². The summed E-state index contributed by atoms with van der Waals surface area (Å²) in [4.78, 5) is 0. The molecule has 1 aromatic rings. The molecule has 1 heterocycles. The highest BCUT2D eigenvalue weighted by molar-refractivity contribution is 4.90. The minimum atomic E-state index is -0.0697. The summed E-state index contributed by atoms with van der Waals surface area (Å²) >= 11 is 0. The molecule has 1 rings (SSSR count). The average molecular weight is 171 g/mol. The molecule has 68 valence electrons. The van der Waals surface area contributed by atoms with Gasteiger partial charge in [0, 0.05) is 7.11 Å². The van der Waals surface area contributed by atoms with Crippen LogP contribution in [0.25, 0.3) is 0 Å². The third-order valence-electron chi connectivity index (χ3n) is 1.58. The van der Waals surface area contributed by atoms with Crippen molar-refractivity contribution in [3.8, 4) is 0 Å². The Hall–Kier alpha value is -0.940. The molecule has 0 aliphatic heterocycles. The van der Waals surface area contributed by atoms with Crippen LogP contribution in [0.5, 0.6) is 0 Å². The Balaban J connectivity index is 2.61. The molecule has 12 heavy (non-hydrogen) atoms. The molecule has 0 fully saturated rings. The molecule has 5 heteroatoms. The lowest BCUT2D eigenvalue weighted by Gasteiger charge is -2.08. The largest absolute Gasteiger partial charge is 0.390 e. The van der Waals surface area contributed by atoms with Gasteiger partial charge in [-0.15, -0.1) is 5.10 Å². The average Bonchev–Trinajstić information content (AvgIpc) is 2.52. The monoisotopic (exact) mass is 171 g/mol. The van der Waals surface area contributed by atoms with Gasteiger partial charge in [-0.05, 0) is 6.92 Å². The number of ether oxygens (including phenoxy) is 1. The second-order valence-electron chi connectivity index (χ2n) is 2.65. The number of aromatic nitrogens is 3. The molecule has 0 bridgehead atoms. The summed E-state index contributed by atoms with van der Waals surface area (Å²) in [7, 11) is 1.64. The lowest BCUT2D eigenvalue weighted by atomic mass is 10.4. The molecule has 1 aromatic heterocycles. The first-order valence-corrected chi connectivity index (χ1v) is 3.78. The highest BCUT2D eigenvalue weighted by Crippen LogP contribution is 2.03. The molecule has 0 saturated heterocycles. The van der Waals surface area contributed by atoms with Gasteiger partial charge in [-0.2, -0.15) is 0 Å². The molecular formula is C7H13N3O2. The SMILES string of the molecule is COCC(C)n1cc(CO)nn1. The van der Waals surface area contributed by atoms with E-state index in [1.165, 1.54) is 0 Å². The van der Waals surface area contributed by atoms with Crippen LogP contribution in [-0.4, -0.2) is 33.8 Å². The predicted molar refractivity (Wildman–Crippen MR) is 42.5 cm³/mol. The summed E-state index contributed by atoms with van der Waals surface area (Å²) in [6, 6.07) is 0.155. The number of aliphatic hydroxyl groups excluding tert-OH is 1. The van der Waals surface area contributed by atoms with Gasteiger partial charge in [0.05, 0.1) is 25.5 Å². The van der Waals surface area contributed by atoms with Crippen molar-refractivity contribution in [2.24, 2.45) is 0 Å². The van der Waals surface area contributed by atoms with Crippen LogP contribution in [0.2, 0.25) is 0 Å². The van der Waals surface area contributed by atoms with Crippen LogP contribution < -0.4 is 0 Å². The van der Waals surface area contributed by atoms with Crippen molar-refractivity contribution in [2.45, 2.75) is 19.6 Å². The minimum absolute atomic E-state index is 0.0697. The molecule has 0 aromatic carbocycles. The third-order valence-corrected chi connectivity index (χ3v) is 1.58. The van der Waals surface area contributed by atoms with E-state index in [9.17, 15) is 0 Å². The van der Waals surface area contributed by atoms with Crippen LogP contribution in [0.4, 0.5) is 0 Å². The standard InChI is InChI=1S/C7H13N3O2/c1-6(5-12-2)10-3-7(4-11)8-9-10/h3,6,11H,4-5H2,1-2H3. The Labute approximate surface area is 71.0 Å². The van der Waals surface area contributed by atoms with Gasteiger partial charge in [-0.3, -0.25) is 0 Å². The summed E-state index contributed by atoms with van der Waals surface area (Å²) in [5.74, 6) is 0. The Bertz CT molecular complexity index is 236. The topological polar surface area (TPSA) is 60.2 Å². The van der Waals surface area contributed by atoms with Crippen LogP contribution in [-0.2, 0) is 11.3 Å². The molecule has 1 atom stereocenters. The van der Waals surface area contributed by atoms with Crippen molar-refractivity contribution in [1.29, 1.82) is 0 Å². The fraction of sp³-hybridized carbons (Fsp3) is 0.714. The molecule has 0 spiro atoms. The zero-order chi connectivity index (χ0) is 8.97. The molecule has 5 nitrogen and oxygen atoms in total. The van der Waals surface area contributed by atoms with E-state index in [1.807, 2.05) is 6.92 Å². The smallest absolute Gasteiger partial charge is 0.108 e. The van der Waals surface area contributed by atoms with Crippen molar-refractivity contribution in [2.75, 3.05) is 13.7 Å². The quantitative estimate of drug-likeness (QED) is 0.691. The zero-order valence-corrected chi connectivity index (χ0v) is 7.27. The highest BCUT2D eigenvalue weighted by atomic mass is 16.5. The maximum absolute atomic E-state index is 8.72. The number of nitrogens with zero attached hydrogens (tertiary/aromatic N) is 3. The van der Waals surface area contributed by atoms with Gasteiger partial charge < -0.3 is 9.84 Å². The van der Waals surface area contributed by atoms with Gasteiger partial charge >= 0.3 is 0 Å². The summed E-state index contributed by atoms with van der Waals surface area (Å²) in [6.07, 6.45) is 1.71. The van der Waals surface area contributed by atoms with Gasteiger partial charge in [-0.25, -0.2) is 4.68 Å². The maximum atomic E-state index is 8.72. The number of hydrogen-bond acceptors (Lipinski definition) is 4. The Morgan fingerprint density at radius 1 is 1.75 bits per heavy atom. The van der Waals surface area contributed by atoms with Crippen LogP contribution in [0, 0.1) is 0 Å². The number of methoxy groups -OCH3 is 1. The van der Waals surface area contributed by atoms with Crippen molar-refractivity contribution >= 4 is 0 Å². The lowest BCUT2D eigenvalue weighted by Crippen LogP contribution is -2.11.